The molecule has 1 heterocycles. The van der Waals surface area contributed by atoms with E-state index in [1.807, 2.05) is 20.8 Å². The maximum Gasteiger partial charge on any atom is 0.314 e. The third kappa shape index (κ3) is 4.65. The molecule has 0 saturated heterocycles. The van der Waals surface area contributed by atoms with E-state index in [2.05, 4.69) is 15.6 Å². The number of nitrogens with zero attached hydrogens (tertiary/aromatic N) is 2. The lowest BCUT2D eigenvalue weighted by atomic mass is 9.87. The number of urea groups is 1. The largest absolute Gasteiger partial charge is 0.341 e. The zero-order valence-corrected chi connectivity index (χ0v) is 14.5. The molecule has 21 heavy (non-hydrogen) atoms. The van der Waals surface area contributed by atoms with Crippen molar-refractivity contribution < 1.29 is 13.2 Å². The van der Waals surface area contributed by atoms with Crippen molar-refractivity contribution in [3.05, 3.63) is 11.7 Å². The van der Waals surface area contributed by atoms with Crippen molar-refractivity contribution in [2.24, 2.45) is 5.41 Å². The molecule has 0 aliphatic rings. The highest BCUT2D eigenvalue weighted by molar-refractivity contribution is 7.91. The van der Waals surface area contributed by atoms with Crippen LogP contribution in [0.25, 0.3) is 0 Å². The van der Waals surface area contributed by atoms with E-state index in [0.717, 1.165) is 11.3 Å². The first-order valence-electron chi connectivity index (χ1n) is 6.42. The highest BCUT2D eigenvalue weighted by Crippen LogP contribution is 2.23. The number of sulfonamides is 1. The van der Waals surface area contributed by atoms with Gasteiger partial charge in [0.2, 0.25) is 0 Å². The smallest absolute Gasteiger partial charge is 0.314 e. The monoisotopic (exact) mass is 334 g/mol. The summed E-state index contributed by atoms with van der Waals surface area (Å²) in [6.07, 6.45) is 1.33. The van der Waals surface area contributed by atoms with Gasteiger partial charge in [-0.15, -0.1) is 11.3 Å². The van der Waals surface area contributed by atoms with Gasteiger partial charge in [0.25, 0.3) is 10.0 Å². The Bertz CT molecular complexity index is 564. The van der Waals surface area contributed by atoms with Gasteiger partial charge in [-0.25, -0.2) is 13.2 Å². The molecule has 0 saturated carbocycles. The van der Waals surface area contributed by atoms with E-state index in [0.29, 0.717) is 0 Å². The summed E-state index contributed by atoms with van der Waals surface area (Å²) in [6.45, 7) is 6.01. The Morgan fingerprint density at radius 3 is 2.52 bits per heavy atom. The molecule has 1 rings (SSSR count). The van der Waals surface area contributed by atoms with Crippen molar-refractivity contribution >= 4 is 27.4 Å². The second-order valence-corrected chi connectivity index (χ2v) is 8.91. The number of aromatic nitrogens is 1. The highest BCUT2D eigenvalue weighted by atomic mass is 32.2. The van der Waals surface area contributed by atoms with Crippen LogP contribution in [0.3, 0.4) is 0 Å². The Labute approximate surface area is 129 Å². The number of hydrogen-bond donors (Lipinski definition) is 2. The van der Waals surface area contributed by atoms with Crippen LogP contribution < -0.4 is 10.6 Å². The van der Waals surface area contributed by atoms with Crippen LogP contribution in [0.4, 0.5) is 4.79 Å². The van der Waals surface area contributed by atoms with Gasteiger partial charge in [0.1, 0.15) is 0 Å². The second-order valence-electron chi connectivity index (χ2n) is 5.75. The quantitative estimate of drug-likeness (QED) is 0.844. The van der Waals surface area contributed by atoms with Gasteiger partial charge in [-0.3, -0.25) is 4.98 Å². The summed E-state index contributed by atoms with van der Waals surface area (Å²) in [6, 6.07) is -0.663. The van der Waals surface area contributed by atoms with Crippen molar-refractivity contribution in [1.29, 1.82) is 0 Å². The van der Waals surface area contributed by atoms with Crippen LogP contribution in [0.1, 0.15) is 20.8 Å². The third-order valence-electron chi connectivity index (χ3n) is 3.09. The Kier molecular flexibility index (Phi) is 5.71. The first kappa shape index (κ1) is 17.9. The number of carbonyl (C=O) groups excluding carboxylic acids is 1. The molecule has 120 valence electrons. The molecule has 0 aliphatic carbocycles. The van der Waals surface area contributed by atoms with Crippen LogP contribution in [-0.4, -0.2) is 50.4 Å². The maximum absolute atomic E-state index is 12.4. The van der Waals surface area contributed by atoms with Gasteiger partial charge >= 0.3 is 6.03 Å². The molecule has 0 aromatic carbocycles. The van der Waals surface area contributed by atoms with E-state index in [1.54, 1.807) is 0 Å². The Hall–Kier alpha value is -1.19. The molecule has 7 nitrogen and oxygen atoms in total. The van der Waals surface area contributed by atoms with Crippen molar-refractivity contribution in [3.8, 4) is 0 Å². The normalized spacial score (nSPS) is 14.0. The van der Waals surface area contributed by atoms with Gasteiger partial charge in [0, 0.05) is 26.7 Å². The van der Waals surface area contributed by atoms with E-state index in [1.165, 1.54) is 30.1 Å². The highest BCUT2D eigenvalue weighted by Gasteiger charge is 2.31. The molecular weight excluding hydrogens is 312 g/mol. The van der Waals surface area contributed by atoms with Gasteiger partial charge in [0.05, 0.1) is 11.7 Å². The first-order chi connectivity index (χ1) is 9.59. The Balaban J connectivity index is 2.91. The molecule has 0 bridgehead atoms. The minimum Gasteiger partial charge on any atom is -0.341 e. The molecule has 1 unspecified atom stereocenters. The standard InChI is InChI=1S/C12H22N4O3S2/c1-12(2,3)9(15-11(17)13-4)7-16(5)21(18,19)10-6-14-8-20-10/h6,8-9H,7H2,1-5H3,(H2,13,15,17). The minimum absolute atomic E-state index is 0.178. The molecule has 2 N–H and O–H groups in total. The van der Waals surface area contributed by atoms with E-state index in [4.69, 9.17) is 0 Å². The van der Waals surface area contributed by atoms with Gasteiger partial charge < -0.3 is 10.6 Å². The predicted octanol–water partition coefficient (Wildman–Crippen LogP) is 1.11. The topological polar surface area (TPSA) is 91.4 Å². The van der Waals surface area contributed by atoms with E-state index in [9.17, 15) is 13.2 Å². The molecule has 0 fully saturated rings. The summed E-state index contributed by atoms with van der Waals surface area (Å²) in [4.78, 5) is 15.3. The Morgan fingerprint density at radius 1 is 1.48 bits per heavy atom. The lowest BCUT2D eigenvalue weighted by Gasteiger charge is -2.33. The lowest BCUT2D eigenvalue weighted by Crippen LogP contribution is -2.53. The zero-order valence-electron chi connectivity index (χ0n) is 12.9. The van der Waals surface area contributed by atoms with Crippen molar-refractivity contribution in [2.75, 3.05) is 20.6 Å². The Morgan fingerprint density at radius 2 is 2.10 bits per heavy atom. The number of hydrogen-bond acceptors (Lipinski definition) is 5. The molecule has 1 aromatic heterocycles. The molecule has 0 radical (unpaired) electrons. The van der Waals surface area contributed by atoms with Gasteiger partial charge in [-0.1, -0.05) is 20.8 Å². The van der Waals surface area contributed by atoms with Gasteiger partial charge in [-0.2, -0.15) is 4.31 Å². The maximum atomic E-state index is 12.4. The molecule has 9 heteroatoms. The van der Waals surface area contributed by atoms with Crippen molar-refractivity contribution in [3.63, 3.8) is 0 Å². The summed E-state index contributed by atoms with van der Waals surface area (Å²) in [5.41, 5.74) is 1.19. The number of likely N-dealkylation sites (N-methyl/N-ethyl adjacent to an activating group) is 1. The summed E-state index contributed by atoms with van der Waals surface area (Å²) < 4.78 is 26.2. The van der Waals surface area contributed by atoms with Crippen LogP contribution >= 0.6 is 11.3 Å². The number of thiazole rings is 1. The molecule has 1 atom stereocenters. The molecule has 0 aliphatic heterocycles. The summed E-state index contributed by atoms with van der Waals surface area (Å²) >= 11 is 1.07. The molecule has 0 spiro atoms. The summed E-state index contributed by atoms with van der Waals surface area (Å²) in [5, 5.41) is 5.27. The molecular formula is C12H22N4O3S2. The van der Waals surface area contributed by atoms with E-state index in [-0.39, 0.29) is 28.2 Å². The number of amides is 2. The van der Waals surface area contributed by atoms with Crippen molar-refractivity contribution in [2.45, 2.75) is 31.0 Å². The van der Waals surface area contributed by atoms with Crippen LogP contribution in [0, 0.1) is 5.41 Å². The summed E-state index contributed by atoms with van der Waals surface area (Å²) in [5.74, 6) is 0. The van der Waals surface area contributed by atoms with Crippen LogP contribution in [0.5, 0.6) is 0 Å². The fourth-order valence-electron chi connectivity index (χ4n) is 1.61. The van der Waals surface area contributed by atoms with Crippen LogP contribution in [-0.2, 0) is 10.0 Å². The summed E-state index contributed by atoms with van der Waals surface area (Å²) in [7, 11) is -0.556. The van der Waals surface area contributed by atoms with Crippen LogP contribution in [0.2, 0.25) is 0 Å². The number of nitrogens with one attached hydrogen (secondary N) is 2. The van der Waals surface area contributed by atoms with Crippen LogP contribution in [0.15, 0.2) is 15.9 Å². The molecule has 2 amide bonds. The third-order valence-corrected chi connectivity index (χ3v) is 6.16. The van der Waals surface area contributed by atoms with E-state index < -0.39 is 10.0 Å². The SMILES string of the molecule is CNC(=O)NC(CN(C)S(=O)(=O)c1cncs1)C(C)(C)C. The zero-order chi connectivity index (χ0) is 16.3. The van der Waals surface area contributed by atoms with E-state index >= 15 is 0 Å². The number of rotatable bonds is 5. The first-order valence-corrected chi connectivity index (χ1v) is 8.74. The lowest BCUT2D eigenvalue weighted by molar-refractivity contribution is 0.209. The minimum atomic E-state index is -3.58. The van der Waals surface area contributed by atoms with Gasteiger partial charge in [0.15, 0.2) is 4.21 Å². The fourth-order valence-corrected chi connectivity index (χ4v) is 3.80. The molecule has 1 aromatic rings. The average Bonchev–Trinajstić information content (AvgIpc) is 2.90. The fraction of sp³-hybridized carbons (Fsp3) is 0.667. The predicted molar refractivity (Wildman–Crippen MR) is 82.8 cm³/mol. The second kappa shape index (κ2) is 6.71. The average molecular weight is 334 g/mol. The van der Waals surface area contributed by atoms with Crippen molar-refractivity contribution in [1.82, 2.24) is 19.9 Å². The number of carbonyl (C=O) groups is 1. The van der Waals surface area contributed by atoms with Gasteiger partial charge in [-0.05, 0) is 5.41 Å².